The van der Waals surface area contributed by atoms with Crippen molar-refractivity contribution >= 4 is 34.1 Å². The van der Waals surface area contributed by atoms with Crippen LogP contribution < -0.4 is 9.80 Å². The maximum atomic E-state index is 13.2. The van der Waals surface area contributed by atoms with Crippen LogP contribution >= 0.6 is 0 Å². The lowest BCUT2D eigenvalue weighted by Crippen LogP contribution is -2.31. The summed E-state index contributed by atoms with van der Waals surface area (Å²) in [6, 6.07) is 11.2. The van der Waals surface area contributed by atoms with Gasteiger partial charge in [-0.25, -0.2) is 0 Å². The van der Waals surface area contributed by atoms with Crippen molar-refractivity contribution in [2.45, 2.75) is 13.3 Å². The number of benzene rings is 1. The monoisotopic (exact) mass is 346 g/mol. The molecule has 0 fully saturated rings. The lowest BCUT2D eigenvalue weighted by molar-refractivity contribution is -0.116. The molecule has 130 valence electrons. The number of carbonyl (C=O) groups excluding carboxylic acids is 2. The molecule has 6 heteroatoms. The molecule has 26 heavy (non-hydrogen) atoms. The molecule has 0 N–H and O–H groups in total. The Balaban J connectivity index is 1.76. The predicted octanol–water partition coefficient (Wildman–Crippen LogP) is 3.03. The molecule has 3 heterocycles. The van der Waals surface area contributed by atoms with Gasteiger partial charge in [-0.15, -0.1) is 0 Å². The van der Waals surface area contributed by atoms with Crippen LogP contribution in [-0.4, -0.2) is 34.9 Å². The highest BCUT2D eigenvalue weighted by molar-refractivity contribution is 6.10. The van der Waals surface area contributed by atoms with Gasteiger partial charge in [0.25, 0.3) is 5.91 Å². The molecule has 4 rings (SSSR count). The molecule has 0 unspecified atom stereocenters. The smallest absolute Gasteiger partial charge is 0.259 e. The van der Waals surface area contributed by atoms with E-state index in [0.717, 1.165) is 22.3 Å². The van der Waals surface area contributed by atoms with Crippen LogP contribution in [0.2, 0.25) is 0 Å². The molecular formula is C20H18N4O2. The molecule has 0 radical (unpaired) electrons. The van der Waals surface area contributed by atoms with Gasteiger partial charge in [-0.05, 0) is 30.7 Å². The summed E-state index contributed by atoms with van der Waals surface area (Å²) in [5.41, 5.74) is 2.79. The topological polar surface area (TPSA) is 66.4 Å². The van der Waals surface area contributed by atoms with Crippen LogP contribution in [-0.2, 0) is 4.79 Å². The Morgan fingerprint density at radius 2 is 1.73 bits per heavy atom. The molecule has 0 atom stereocenters. The van der Waals surface area contributed by atoms with E-state index in [4.69, 9.17) is 0 Å². The molecule has 0 saturated heterocycles. The number of hydrogen-bond acceptors (Lipinski definition) is 4. The molecule has 2 amide bonds. The largest absolute Gasteiger partial charge is 0.311 e. The van der Waals surface area contributed by atoms with Crippen molar-refractivity contribution in [3.63, 3.8) is 0 Å². The highest BCUT2D eigenvalue weighted by Crippen LogP contribution is 2.33. The second kappa shape index (κ2) is 6.55. The third kappa shape index (κ3) is 2.79. The van der Waals surface area contributed by atoms with E-state index in [9.17, 15) is 9.59 Å². The average molecular weight is 346 g/mol. The number of carbonyl (C=O) groups is 2. The van der Waals surface area contributed by atoms with E-state index in [2.05, 4.69) is 9.97 Å². The summed E-state index contributed by atoms with van der Waals surface area (Å²) >= 11 is 0. The Kier molecular flexibility index (Phi) is 4.08. The highest BCUT2D eigenvalue weighted by Gasteiger charge is 2.27. The highest BCUT2D eigenvalue weighted by atomic mass is 16.2. The minimum Gasteiger partial charge on any atom is -0.311 e. The molecule has 0 aliphatic carbocycles. The third-order valence-corrected chi connectivity index (χ3v) is 4.59. The van der Waals surface area contributed by atoms with Crippen LogP contribution in [0, 0.1) is 0 Å². The Morgan fingerprint density at radius 1 is 1.00 bits per heavy atom. The zero-order valence-electron chi connectivity index (χ0n) is 14.4. The van der Waals surface area contributed by atoms with Crippen LogP contribution in [0.3, 0.4) is 0 Å². The first-order valence-electron chi connectivity index (χ1n) is 8.54. The van der Waals surface area contributed by atoms with Gasteiger partial charge in [0.15, 0.2) is 0 Å². The van der Waals surface area contributed by atoms with E-state index >= 15 is 0 Å². The third-order valence-electron chi connectivity index (χ3n) is 4.59. The van der Waals surface area contributed by atoms with Crippen molar-refractivity contribution in [1.29, 1.82) is 0 Å². The first kappa shape index (κ1) is 16.2. The second-order valence-electron chi connectivity index (χ2n) is 6.26. The summed E-state index contributed by atoms with van der Waals surface area (Å²) < 4.78 is 0. The Labute approximate surface area is 151 Å². The minimum absolute atomic E-state index is 0.0216. The molecule has 1 aromatic carbocycles. The summed E-state index contributed by atoms with van der Waals surface area (Å²) in [4.78, 5) is 37.1. The van der Waals surface area contributed by atoms with E-state index in [0.29, 0.717) is 25.1 Å². The summed E-state index contributed by atoms with van der Waals surface area (Å²) in [5.74, 6) is -0.138. The van der Waals surface area contributed by atoms with Gasteiger partial charge < -0.3 is 9.80 Å². The molecule has 1 aliphatic rings. The number of rotatable bonds is 1. The summed E-state index contributed by atoms with van der Waals surface area (Å²) in [6.07, 6.45) is 5.66. The standard InChI is InChI=1S/C20H18N4O2/c1-14(25)23-9-4-10-24(19-6-3-2-5-18(19)23)20(26)16-11-15-7-8-21-13-17(15)22-12-16/h2-3,5-8,11-13H,4,9-10H2,1H3. The van der Waals surface area contributed by atoms with Gasteiger partial charge in [0, 0.05) is 37.8 Å². The summed E-state index contributed by atoms with van der Waals surface area (Å²) in [6.45, 7) is 2.70. The molecule has 2 aromatic heterocycles. The van der Waals surface area contributed by atoms with Crippen molar-refractivity contribution < 1.29 is 9.59 Å². The summed E-state index contributed by atoms with van der Waals surface area (Å²) in [5, 5.41) is 0.874. The van der Waals surface area contributed by atoms with Crippen LogP contribution in [0.5, 0.6) is 0 Å². The molecule has 0 bridgehead atoms. The Bertz CT molecular complexity index is 1000. The average Bonchev–Trinajstić information content (AvgIpc) is 2.87. The van der Waals surface area contributed by atoms with Gasteiger partial charge in [-0.3, -0.25) is 19.6 Å². The number of aromatic nitrogens is 2. The number of nitrogens with zero attached hydrogens (tertiary/aromatic N) is 4. The number of fused-ring (bicyclic) bond motifs is 2. The van der Waals surface area contributed by atoms with Crippen LogP contribution in [0.4, 0.5) is 11.4 Å². The number of para-hydroxylation sites is 2. The van der Waals surface area contributed by atoms with E-state index < -0.39 is 0 Å². The van der Waals surface area contributed by atoms with Crippen molar-refractivity contribution in [2.24, 2.45) is 0 Å². The fraction of sp³-hybridized carbons (Fsp3) is 0.200. The fourth-order valence-corrected chi connectivity index (χ4v) is 3.33. The first-order valence-corrected chi connectivity index (χ1v) is 8.54. The van der Waals surface area contributed by atoms with Crippen molar-refractivity contribution in [2.75, 3.05) is 22.9 Å². The van der Waals surface area contributed by atoms with E-state index in [1.165, 1.54) is 0 Å². The molecule has 6 nitrogen and oxygen atoms in total. The maximum Gasteiger partial charge on any atom is 0.259 e. The van der Waals surface area contributed by atoms with Gasteiger partial charge in [0.05, 0.1) is 28.7 Å². The fourth-order valence-electron chi connectivity index (χ4n) is 3.33. The number of anilines is 2. The lowest BCUT2D eigenvalue weighted by Gasteiger charge is -2.25. The van der Waals surface area contributed by atoms with Crippen molar-refractivity contribution in [3.05, 3.63) is 60.6 Å². The van der Waals surface area contributed by atoms with Gasteiger partial charge in [-0.1, -0.05) is 12.1 Å². The molecule has 0 spiro atoms. The van der Waals surface area contributed by atoms with Crippen LogP contribution in [0.1, 0.15) is 23.7 Å². The minimum atomic E-state index is -0.117. The Hall–Kier alpha value is -3.28. The number of amides is 2. The second-order valence-corrected chi connectivity index (χ2v) is 6.26. The quantitative estimate of drug-likeness (QED) is 0.679. The molecule has 3 aromatic rings. The normalized spacial score (nSPS) is 14.0. The SMILES string of the molecule is CC(=O)N1CCCN(C(=O)c2cnc3cnccc3c2)c2ccccc21. The maximum absolute atomic E-state index is 13.2. The number of pyridine rings is 2. The van der Waals surface area contributed by atoms with Gasteiger partial charge in [0.2, 0.25) is 5.91 Å². The van der Waals surface area contributed by atoms with Crippen LogP contribution in [0.15, 0.2) is 55.0 Å². The van der Waals surface area contributed by atoms with Gasteiger partial charge in [0.1, 0.15) is 0 Å². The molecule has 1 aliphatic heterocycles. The lowest BCUT2D eigenvalue weighted by atomic mass is 10.1. The summed E-state index contributed by atoms with van der Waals surface area (Å²) in [7, 11) is 0. The van der Waals surface area contributed by atoms with E-state index in [-0.39, 0.29) is 11.8 Å². The first-order chi connectivity index (χ1) is 12.6. The zero-order valence-corrected chi connectivity index (χ0v) is 14.4. The molecular weight excluding hydrogens is 328 g/mol. The van der Waals surface area contributed by atoms with Gasteiger partial charge in [-0.2, -0.15) is 0 Å². The van der Waals surface area contributed by atoms with E-state index in [1.54, 1.807) is 35.3 Å². The van der Waals surface area contributed by atoms with Gasteiger partial charge >= 0.3 is 0 Å². The molecule has 0 saturated carbocycles. The Morgan fingerprint density at radius 3 is 2.50 bits per heavy atom. The zero-order chi connectivity index (χ0) is 18.1. The van der Waals surface area contributed by atoms with Crippen molar-refractivity contribution in [3.8, 4) is 0 Å². The van der Waals surface area contributed by atoms with Crippen LogP contribution in [0.25, 0.3) is 10.9 Å². The van der Waals surface area contributed by atoms with Crippen molar-refractivity contribution in [1.82, 2.24) is 9.97 Å². The van der Waals surface area contributed by atoms with E-state index in [1.807, 2.05) is 36.4 Å². The number of hydrogen-bond donors (Lipinski definition) is 0. The predicted molar refractivity (Wildman–Crippen MR) is 100 cm³/mol.